The number of rotatable bonds is 8. The Morgan fingerprint density at radius 1 is 1.09 bits per heavy atom. The number of nitrogens with one attached hydrogen (secondary N) is 1. The van der Waals surface area contributed by atoms with E-state index in [9.17, 15) is 26.4 Å². The van der Waals surface area contributed by atoms with Crippen LogP contribution in [0.25, 0.3) is 10.9 Å². The molecule has 0 bridgehead atoms. The summed E-state index contributed by atoms with van der Waals surface area (Å²) in [6, 6.07) is 11.9. The van der Waals surface area contributed by atoms with E-state index in [1.807, 2.05) is 7.05 Å². The molecule has 2 heterocycles. The van der Waals surface area contributed by atoms with Crippen LogP contribution in [0.3, 0.4) is 0 Å². The molecule has 1 aromatic heterocycles. The van der Waals surface area contributed by atoms with Crippen molar-refractivity contribution in [3.63, 3.8) is 0 Å². The van der Waals surface area contributed by atoms with Crippen LogP contribution < -0.4 is 5.32 Å². The number of nitrogens with zero attached hydrogens (tertiary/aromatic N) is 4. The topological polar surface area (TPSA) is 95.5 Å². The van der Waals surface area contributed by atoms with Crippen LogP contribution in [0.2, 0.25) is 5.02 Å². The molecule has 0 unspecified atom stereocenters. The zero-order valence-corrected chi connectivity index (χ0v) is 25.8. The maximum atomic E-state index is 13.8. The number of alkyl halides is 3. The summed E-state index contributed by atoms with van der Waals surface area (Å²) < 4.78 is 67.8. The van der Waals surface area contributed by atoms with Gasteiger partial charge in [0.25, 0.3) is 0 Å². The summed E-state index contributed by atoms with van der Waals surface area (Å²) in [6.07, 6.45) is -2.42. The summed E-state index contributed by atoms with van der Waals surface area (Å²) in [5.41, 5.74) is 0.0512. The van der Waals surface area contributed by atoms with Crippen LogP contribution in [0.15, 0.2) is 53.4 Å². The van der Waals surface area contributed by atoms with Crippen molar-refractivity contribution in [1.29, 1.82) is 0 Å². The number of benzene rings is 2. The number of hydrogen-bond acceptors (Lipinski definition) is 7. The van der Waals surface area contributed by atoms with Gasteiger partial charge in [0.1, 0.15) is 11.9 Å². The molecule has 4 atom stereocenters. The van der Waals surface area contributed by atoms with E-state index >= 15 is 0 Å². The summed E-state index contributed by atoms with van der Waals surface area (Å²) in [6.45, 7) is 4.54. The molecule has 13 heteroatoms. The zero-order chi connectivity index (χ0) is 31.1. The van der Waals surface area contributed by atoms with Gasteiger partial charge in [0.15, 0.2) is 9.84 Å². The zero-order valence-electron chi connectivity index (χ0n) is 24.2. The minimum absolute atomic E-state index is 0.0512. The Hall–Kier alpha value is -2.96. The maximum absolute atomic E-state index is 13.8. The standard InChI is InChI=1S/C30H35ClF3N5O3S/c1-18(2)38(3)21-10-12-26(19(15-21)17-43(41,42)22-7-5-4-6-8-22)39-14-13-25(28(39)40)35-27-23-16-20(31)9-11-24(23)36-29(37-27)30(32,33)34/h4-9,11,16,18-19,21,25-26H,10,12-15,17H2,1-3H3,(H,35,36,37)/t19-,21+,25-,26-/m0/s1. The van der Waals surface area contributed by atoms with Gasteiger partial charge in [0.2, 0.25) is 11.7 Å². The number of sulfone groups is 1. The number of likely N-dealkylation sites (tertiary alicyclic amines) is 1. The van der Waals surface area contributed by atoms with Crippen LogP contribution in [0, 0.1) is 5.92 Å². The Balaban J connectivity index is 1.41. The Labute approximate surface area is 254 Å². The number of fused-ring (bicyclic) bond motifs is 1. The van der Waals surface area contributed by atoms with Gasteiger partial charge < -0.3 is 15.1 Å². The number of amides is 1. The number of carbonyl (C=O) groups excluding carboxylic acids is 1. The van der Waals surface area contributed by atoms with Gasteiger partial charge in [-0.1, -0.05) is 29.8 Å². The quantitative estimate of drug-likeness (QED) is 0.340. The van der Waals surface area contributed by atoms with Crippen LogP contribution in [-0.2, 0) is 20.8 Å². The van der Waals surface area contributed by atoms with Gasteiger partial charge in [-0.3, -0.25) is 4.79 Å². The fourth-order valence-corrected chi connectivity index (χ4v) is 8.14. The van der Waals surface area contributed by atoms with E-state index in [0.717, 1.165) is 6.42 Å². The number of halogens is 4. The third kappa shape index (κ3) is 6.76. The molecule has 1 N–H and O–H groups in total. The average Bonchev–Trinajstić information content (AvgIpc) is 3.31. The predicted molar refractivity (Wildman–Crippen MR) is 160 cm³/mol. The van der Waals surface area contributed by atoms with Crippen LogP contribution in [0.5, 0.6) is 0 Å². The van der Waals surface area contributed by atoms with Gasteiger partial charge >= 0.3 is 6.18 Å². The molecule has 43 heavy (non-hydrogen) atoms. The minimum Gasteiger partial charge on any atom is -0.358 e. The molecule has 0 radical (unpaired) electrons. The second-order valence-electron chi connectivity index (χ2n) is 11.7. The second kappa shape index (κ2) is 12.2. The van der Waals surface area contributed by atoms with Crippen molar-refractivity contribution in [1.82, 2.24) is 19.8 Å². The fourth-order valence-electron chi connectivity index (χ4n) is 6.28. The Morgan fingerprint density at radius 3 is 2.49 bits per heavy atom. The smallest absolute Gasteiger partial charge is 0.358 e. The van der Waals surface area contributed by atoms with Crippen molar-refractivity contribution >= 4 is 44.1 Å². The molecular weight excluding hydrogens is 603 g/mol. The molecule has 5 rings (SSSR count). The molecule has 1 saturated carbocycles. The van der Waals surface area contributed by atoms with Gasteiger partial charge in [0.05, 0.1) is 16.2 Å². The molecular formula is C30H35ClF3N5O3S. The van der Waals surface area contributed by atoms with Crippen LogP contribution in [0.1, 0.15) is 45.4 Å². The lowest BCUT2D eigenvalue weighted by Crippen LogP contribution is -2.52. The van der Waals surface area contributed by atoms with E-state index in [0.29, 0.717) is 30.8 Å². The van der Waals surface area contributed by atoms with Crippen LogP contribution in [0.4, 0.5) is 19.0 Å². The number of anilines is 1. The normalized spacial score (nSPS) is 23.5. The van der Waals surface area contributed by atoms with E-state index < -0.39 is 27.9 Å². The summed E-state index contributed by atoms with van der Waals surface area (Å²) in [5, 5.41) is 3.52. The first-order valence-corrected chi connectivity index (χ1v) is 16.4. The maximum Gasteiger partial charge on any atom is 0.451 e. The third-order valence-electron chi connectivity index (χ3n) is 8.70. The Kier molecular flexibility index (Phi) is 8.93. The van der Waals surface area contributed by atoms with Crippen molar-refractivity contribution in [2.45, 2.75) is 74.8 Å². The van der Waals surface area contributed by atoms with Crippen molar-refractivity contribution in [2.24, 2.45) is 5.92 Å². The highest BCUT2D eigenvalue weighted by molar-refractivity contribution is 7.91. The largest absolute Gasteiger partial charge is 0.451 e. The molecule has 8 nitrogen and oxygen atoms in total. The molecule has 3 aromatic rings. The van der Waals surface area contributed by atoms with Gasteiger partial charge in [0, 0.05) is 35.1 Å². The number of hydrogen-bond donors (Lipinski definition) is 1. The molecule has 232 valence electrons. The average molecular weight is 638 g/mol. The first-order valence-electron chi connectivity index (χ1n) is 14.4. The van der Waals surface area contributed by atoms with E-state index in [-0.39, 0.29) is 57.3 Å². The van der Waals surface area contributed by atoms with E-state index in [2.05, 4.69) is 34.0 Å². The minimum atomic E-state index is -4.78. The monoisotopic (exact) mass is 637 g/mol. The molecule has 2 aliphatic rings. The summed E-state index contributed by atoms with van der Waals surface area (Å²) in [7, 11) is -1.59. The number of carbonyl (C=O) groups is 1. The highest BCUT2D eigenvalue weighted by Gasteiger charge is 2.44. The van der Waals surface area contributed by atoms with Gasteiger partial charge in [-0.2, -0.15) is 13.2 Å². The number of aromatic nitrogens is 2. The highest BCUT2D eigenvalue weighted by atomic mass is 35.5. The van der Waals surface area contributed by atoms with Crippen molar-refractivity contribution in [3.8, 4) is 0 Å². The van der Waals surface area contributed by atoms with Crippen LogP contribution >= 0.6 is 11.6 Å². The van der Waals surface area contributed by atoms with Gasteiger partial charge in [-0.25, -0.2) is 18.4 Å². The van der Waals surface area contributed by atoms with Crippen molar-refractivity contribution in [3.05, 3.63) is 59.4 Å². The first kappa shape index (κ1) is 31.5. The third-order valence-corrected chi connectivity index (χ3v) is 10.8. The Bertz CT molecular complexity index is 1590. The Morgan fingerprint density at radius 2 is 1.81 bits per heavy atom. The highest BCUT2D eigenvalue weighted by Crippen LogP contribution is 2.37. The van der Waals surface area contributed by atoms with Crippen molar-refractivity contribution in [2.75, 3.05) is 24.7 Å². The predicted octanol–water partition coefficient (Wildman–Crippen LogP) is 5.67. The SMILES string of the molecule is CC(C)N(C)[C@@H]1CC[C@H](N2CC[C@H](Nc3nc(C(F)(F)F)nc4ccc(Cl)cc34)C2=O)[C@H](CS(=O)(=O)c2ccccc2)C1. The summed E-state index contributed by atoms with van der Waals surface area (Å²) in [4.78, 5) is 25.4. The molecule has 0 spiro atoms. The van der Waals surface area contributed by atoms with E-state index in [4.69, 9.17) is 11.6 Å². The van der Waals surface area contributed by atoms with Crippen LogP contribution in [-0.4, -0.2) is 77.6 Å². The van der Waals surface area contributed by atoms with E-state index in [1.165, 1.54) is 18.2 Å². The molecule has 1 aliphatic heterocycles. The van der Waals surface area contributed by atoms with Crippen molar-refractivity contribution < 1.29 is 26.4 Å². The molecule has 2 aromatic carbocycles. The second-order valence-corrected chi connectivity index (χ2v) is 14.2. The summed E-state index contributed by atoms with van der Waals surface area (Å²) in [5.74, 6) is -2.14. The first-order chi connectivity index (χ1) is 20.2. The van der Waals surface area contributed by atoms with Gasteiger partial charge in [-0.15, -0.1) is 0 Å². The van der Waals surface area contributed by atoms with E-state index in [1.54, 1.807) is 35.2 Å². The molecule has 1 aliphatic carbocycles. The summed E-state index contributed by atoms with van der Waals surface area (Å²) >= 11 is 6.12. The lowest BCUT2D eigenvalue weighted by atomic mass is 9.81. The van der Waals surface area contributed by atoms with Gasteiger partial charge in [-0.05, 0) is 82.8 Å². The molecule has 1 saturated heterocycles. The lowest BCUT2D eigenvalue weighted by molar-refractivity contribution is -0.144. The fraction of sp³-hybridized carbons (Fsp3) is 0.500. The molecule has 1 amide bonds. The molecule has 2 fully saturated rings. The lowest BCUT2D eigenvalue weighted by Gasteiger charge is -2.44.